The van der Waals surface area contributed by atoms with Crippen LogP contribution in [0.25, 0.3) is 21.7 Å². The molecule has 0 fully saturated rings. The monoisotopic (exact) mass is 242 g/mol. The van der Waals surface area contributed by atoms with Crippen LogP contribution in [0.1, 0.15) is 10.4 Å². The Morgan fingerprint density at radius 3 is 2.78 bits per heavy atom. The molecule has 0 spiro atoms. The summed E-state index contributed by atoms with van der Waals surface area (Å²) in [6.07, 6.45) is 3.11. The SMILES string of the molecule is [N-]=[N+]=NC(=O)c1cc(-c2ccncc2)n[nH]c1=O. The Kier molecular flexibility index (Phi) is 3.13. The standard InChI is InChI=1S/C10H6N6O2/c11-16-15-10(18)7-5-8(13-14-9(7)17)6-1-3-12-4-2-6/h1-5H,(H,14,17). The van der Waals surface area contributed by atoms with E-state index in [-0.39, 0.29) is 5.56 Å². The molecule has 8 heteroatoms. The molecule has 0 radical (unpaired) electrons. The maximum atomic E-state index is 11.4. The van der Waals surface area contributed by atoms with Crippen molar-refractivity contribution in [3.63, 3.8) is 0 Å². The summed E-state index contributed by atoms with van der Waals surface area (Å²) in [5.41, 5.74) is 8.28. The maximum Gasteiger partial charge on any atom is 0.275 e. The lowest BCUT2D eigenvalue weighted by atomic mass is 10.1. The molecular weight excluding hydrogens is 236 g/mol. The Balaban J connectivity index is 2.54. The number of amides is 1. The van der Waals surface area contributed by atoms with Crippen LogP contribution in [0.2, 0.25) is 0 Å². The lowest BCUT2D eigenvalue weighted by Gasteiger charge is -2.00. The molecule has 0 aliphatic rings. The topological polar surface area (TPSA) is 124 Å². The number of hydrogen-bond donors (Lipinski definition) is 1. The van der Waals surface area contributed by atoms with Gasteiger partial charge in [-0.2, -0.15) is 5.10 Å². The molecule has 0 bridgehead atoms. The largest absolute Gasteiger partial charge is 0.287 e. The molecule has 0 saturated heterocycles. The van der Waals surface area contributed by atoms with Crippen LogP contribution in [0, 0.1) is 0 Å². The van der Waals surface area contributed by atoms with Crippen LogP contribution in [0.5, 0.6) is 0 Å². The van der Waals surface area contributed by atoms with Gasteiger partial charge in [-0.15, -0.1) is 0 Å². The third kappa shape index (κ3) is 2.23. The summed E-state index contributed by atoms with van der Waals surface area (Å²) in [6.45, 7) is 0. The van der Waals surface area contributed by atoms with Crippen LogP contribution in [-0.2, 0) is 0 Å². The molecule has 2 rings (SSSR count). The van der Waals surface area contributed by atoms with Crippen LogP contribution < -0.4 is 5.56 Å². The van der Waals surface area contributed by atoms with Crippen molar-refractivity contribution in [3.05, 3.63) is 57.0 Å². The van der Waals surface area contributed by atoms with E-state index in [0.29, 0.717) is 11.3 Å². The molecule has 2 aromatic heterocycles. The number of carbonyl (C=O) groups is 1. The molecule has 8 nitrogen and oxygen atoms in total. The van der Waals surface area contributed by atoms with E-state index >= 15 is 0 Å². The lowest BCUT2D eigenvalue weighted by molar-refractivity contribution is 0.0998. The zero-order valence-electron chi connectivity index (χ0n) is 8.94. The van der Waals surface area contributed by atoms with Crippen LogP contribution in [0.4, 0.5) is 0 Å². The minimum absolute atomic E-state index is 0.255. The Hall–Kier alpha value is -2.99. The van der Waals surface area contributed by atoms with E-state index in [1.54, 1.807) is 24.5 Å². The highest BCUT2D eigenvalue weighted by atomic mass is 16.2. The Labute approximate surface area is 99.9 Å². The van der Waals surface area contributed by atoms with Crippen LogP contribution in [0.15, 0.2) is 40.5 Å². The van der Waals surface area contributed by atoms with Crippen LogP contribution >= 0.6 is 0 Å². The molecular formula is C10H6N6O2. The quantitative estimate of drug-likeness (QED) is 0.483. The van der Waals surface area contributed by atoms with Crippen molar-refractivity contribution < 1.29 is 4.79 Å². The van der Waals surface area contributed by atoms with Gasteiger partial charge in [0, 0.05) is 22.9 Å². The average molecular weight is 242 g/mol. The highest BCUT2D eigenvalue weighted by Gasteiger charge is 2.11. The summed E-state index contributed by atoms with van der Waals surface area (Å²) >= 11 is 0. The van der Waals surface area contributed by atoms with Crippen molar-refractivity contribution >= 4 is 5.91 Å². The molecule has 1 amide bonds. The van der Waals surface area contributed by atoms with Crippen LogP contribution in [-0.4, -0.2) is 21.1 Å². The molecule has 0 aliphatic carbocycles. The highest BCUT2D eigenvalue weighted by molar-refractivity contribution is 5.95. The highest BCUT2D eigenvalue weighted by Crippen LogP contribution is 2.14. The van der Waals surface area contributed by atoms with Gasteiger partial charge in [-0.1, -0.05) is 0 Å². The summed E-state index contributed by atoms with van der Waals surface area (Å²) in [5, 5.41) is 8.85. The first-order valence-corrected chi connectivity index (χ1v) is 4.82. The number of pyridine rings is 1. The predicted molar refractivity (Wildman–Crippen MR) is 61.6 cm³/mol. The van der Waals surface area contributed by atoms with Crippen molar-refractivity contribution in [2.24, 2.45) is 5.11 Å². The summed E-state index contributed by atoms with van der Waals surface area (Å²) in [7, 11) is 0. The molecule has 0 aromatic carbocycles. The number of aromatic amines is 1. The molecule has 0 atom stereocenters. The number of nitrogens with zero attached hydrogens (tertiary/aromatic N) is 5. The second-order valence-electron chi connectivity index (χ2n) is 3.23. The average Bonchev–Trinajstić information content (AvgIpc) is 2.40. The molecule has 2 heterocycles. The second kappa shape index (κ2) is 4.89. The number of nitrogens with one attached hydrogen (secondary N) is 1. The number of rotatable bonds is 2. The summed E-state index contributed by atoms with van der Waals surface area (Å²) < 4.78 is 0. The third-order valence-corrected chi connectivity index (χ3v) is 2.15. The van der Waals surface area contributed by atoms with Crippen molar-refractivity contribution in [2.45, 2.75) is 0 Å². The van der Waals surface area contributed by atoms with Crippen molar-refractivity contribution in [1.82, 2.24) is 15.2 Å². The molecule has 0 saturated carbocycles. The van der Waals surface area contributed by atoms with Crippen molar-refractivity contribution in [3.8, 4) is 11.3 Å². The van der Waals surface area contributed by atoms with E-state index in [0.717, 1.165) is 0 Å². The minimum Gasteiger partial charge on any atom is -0.287 e. The van der Waals surface area contributed by atoms with E-state index in [4.69, 9.17) is 5.53 Å². The van der Waals surface area contributed by atoms with Gasteiger partial charge < -0.3 is 0 Å². The molecule has 1 N–H and O–H groups in total. The number of H-pyrrole nitrogens is 1. The van der Waals surface area contributed by atoms with Gasteiger partial charge in [-0.25, -0.2) is 5.10 Å². The van der Waals surface area contributed by atoms with E-state index in [9.17, 15) is 9.59 Å². The first-order valence-electron chi connectivity index (χ1n) is 4.82. The van der Waals surface area contributed by atoms with E-state index in [1.807, 2.05) is 0 Å². The number of azide groups is 1. The fourth-order valence-corrected chi connectivity index (χ4v) is 1.33. The van der Waals surface area contributed by atoms with Gasteiger partial charge in [0.25, 0.3) is 11.5 Å². The van der Waals surface area contributed by atoms with Gasteiger partial charge in [0.1, 0.15) is 0 Å². The summed E-state index contributed by atoms with van der Waals surface area (Å²) in [4.78, 5) is 28.9. The Morgan fingerprint density at radius 1 is 1.39 bits per heavy atom. The Morgan fingerprint density at radius 2 is 2.11 bits per heavy atom. The minimum atomic E-state index is -0.948. The second-order valence-corrected chi connectivity index (χ2v) is 3.23. The van der Waals surface area contributed by atoms with E-state index in [2.05, 4.69) is 25.2 Å². The Bertz CT molecular complexity index is 687. The molecule has 0 aliphatic heterocycles. The van der Waals surface area contributed by atoms with E-state index in [1.165, 1.54) is 6.07 Å². The lowest BCUT2D eigenvalue weighted by Crippen LogP contribution is -2.17. The zero-order chi connectivity index (χ0) is 13.0. The molecule has 0 unspecified atom stereocenters. The van der Waals surface area contributed by atoms with Gasteiger partial charge in [0.05, 0.1) is 11.3 Å². The zero-order valence-corrected chi connectivity index (χ0v) is 8.94. The van der Waals surface area contributed by atoms with Gasteiger partial charge >= 0.3 is 0 Å². The first-order chi connectivity index (χ1) is 8.72. The third-order valence-electron chi connectivity index (χ3n) is 2.15. The van der Waals surface area contributed by atoms with Gasteiger partial charge in [0.2, 0.25) is 0 Å². The summed E-state index contributed by atoms with van der Waals surface area (Å²) in [5.74, 6) is -0.948. The first kappa shape index (κ1) is 11.5. The van der Waals surface area contributed by atoms with Gasteiger partial charge in [0.15, 0.2) is 0 Å². The maximum absolute atomic E-state index is 11.4. The molecule has 88 valence electrons. The number of hydrogen-bond acceptors (Lipinski definition) is 4. The fourth-order valence-electron chi connectivity index (χ4n) is 1.33. The normalized spacial score (nSPS) is 9.56. The fraction of sp³-hybridized carbons (Fsp3) is 0. The van der Waals surface area contributed by atoms with Crippen LogP contribution in [0.3, 0.4) is 0 Å². The van der Waals surface area contributed by atoms with Crippen molar-refractivity contribution in [1.29, 1.82) is 0 Å². The predicted octanol–water partition coefficient (Wildman–Crippen LogP) is 1.28. The smallest absolute Gasteiger partial charge is 0.275 e. The molecule has 18 heavy (non-hydrogen) atoms. The number of carbonyl (C=O) groups excluding carboxylic acids is 1. The van der Waals surface area contributed by atoms with Gasteiger partial charge in [-0.3, -0.25) is 14.6 Å². The van der Waals surface area contributed by atoms with Crippen molar-refractivity contribution in [2.75, 3.05) is 0 Å². The molecule has 2 aromatic rings. The summed E-state index contributed by atoms with van der Waals surface area (Å²) in [6, 6.07) is 4.61. The van der Waals surface area contributed by atoms with E-state index < -0.39 is 11.5 Å². The number of aromatic nitrogens is 3. The van der Waals surface area contributed by atoms with Gasteiger partial charge in [-0.05, 0) is 28.8 Å².